The molecule has 2 aromatic heterocycles. The van der Waals surface area contributed by atoms with Crippen LogP contribution in [-0.4, -0.2) is 17.1 Å². The van der Waals surface area contributed by atoms with Gasteiger partial charge in [0.05, 0.1) is 17.3 Å². The summed E-state index contributed by atoms with van der Waals surface area (Å²) < 4.78 is 6.19. The topological polar surface area (TPSA) is 58.1 Å². The maximum Gasteiger partial charge on any atom is 0.153 e. The molecule has 0 radical (unpaired) electrons. The van der Waals surface area contributed by atoms with E-state index in [1.54, 1.807) is 7.11 Å². The summed E-state index contributed by atoms with van der Waals surface area (Å²) in [5.41, 5.74) is 0.897. The van der Waals surface area contributed by atoms with E-state index in [2.05, 4.69) is 9.97 Å². The number of aromatic nitrogens is 2. The Morgan fingerprint density at radius 3 is 2.82 bits per heavy atom. The third kappa shape index (κ3) is 1.85. The maximum absolute atomic E-state index is 11.0. The first-order valence-corrected chi connectivity index (χ1v) is 6.53. The Labute approximate surface area is 105 Å². The summed E-state index contributed by atoms with van der Waals surface area (Å²) in [6.45, 7) is 0. The fraction of sp³-hybridized carbons (Fsp3) is 0.0909. The smallest absolute Gasteiger partial charge is 0.153 e. The van der Waals surface area contributed by atoms with Gasteiger partial charge in [0.15, 0.2) is 10.0 Å². The van der Waals surface area contributed by atoms with Crippen molar-refractivity contribution >= 4 is 32.9 Å². The molecule has 0 saturated carbocycles. The van der Waals surface area contributed by atoms with Crippen molar-refractivity contribution in [2.75, 3.05) is 7.11 Å². The van der Waals surface area contributed by atoms with E-state index in [-0.39, 0.29) is 5.88 Å². The van der Waals surface area contributed by atoms with Crippen LogP contribution in [0, 0.1) is 0 Å². The number of thiazole rings is 2. The molecule has 0 spiro atoms. The third-order valence-corrected chi connectivity index (χ3v) is 4.24. The summed E-state index contributed by atoms with van der Waals surface area (Å²) in [6.07, 6.45) is 0. The maximum atomic E-state index is 11.0. The molecule has 3 rings (SSSR count). The summed E-state index contributed by atoms with van der Waals surface area (Å²) in [4.78, 5) is 8.34. The molecule has 0 N–H and O–H groups in total. The van der Waals surface area contributed by atoms with Gasteiger partial charge in [0.25, 0.3) is 0 Å². The molecular weight excluding hydrogens is 256 g/mol. The summed E-state index contributed by atoms with van der Waals surface area (Å²) in [6, 6.07) is 5.70. The lowest BCUT2D eigenvalue weighted by molar-refractivity contribution is -0.274. The Hall–Kier alpha value is -1.66. The molecule has 4 nitrogen and oxygen atoms in total. The number of fused-ring (bicyclic) bond motifs is 1. The molecule has 86 valence electrons. The van der Waals surface area contributed by atoms with Gasteiger partial charge in [-0.25, -0.2) is 9.97 Å². The number of methoxy groups -OCH3 is 1. The lowest BCUT2D eigenvalue weighted by atomic mass is 10.3. The molecule has 0 bridgehead atoms. The van der Waals surface area contributed by atoms with Gasteiger partial charge in [-0.15, -0.1) is 22.7 Å². The summed E-state index contributed by atoms with van der Waals surface area (Å²) >= 11 is 2.83. The SMILES string of the molecule is COc1ccc2nc(-c3nc([O-])cs3)sc2c1. The van der Waals surface area contributed by atoms with Gasteiger partial charge in [0.2, 0.25) is 0 Å². The molecule has 1 aromatic carbocycles. The van der Waals surface area contributed by atoms with Crippen LogP contribution in [0.25, 0.3) is 20.2 Å². The van der Waals surface area contributed by atoms with Gasteiger partial charge in [-0.05, 0) is 24.1 Å². The largest absolute Gasteiger partial charge is 0.858 e. The van der Waals surface area contributed by atoms with Crippen molar-refractivity contribution in [3.63, 3.8) is 0 Å². The summed E-state index contributed by atoms with van der Waals surface area (Å²) in [5.74, 6) is 0.596. The van der Waals surface area contributed by atoms with E-state index in [4.69, 9.17) is 4.74 Å². The number of ether oxygens (including phenoxy) is 1. The van der Waals surface area contributed by atoms with Crippen LogP contribution >= 0.6 is 22.7 Å². The molecule has 3 aromatic rings. The van der Waals surface area contributed by atoms with Gasteiger partial charge >= 0.3 is 0 Å². The van der Waals surface area contributed by atoms with Crippen LogP contribution in [0.4, 0.5) is 0 Å². The molecule has 0 atom stereocenters. The van der Waals surface area contributed by atoms with Crippen molar-refractivity contribution in [2.24, 2.45) is 0 Å². The summed E-state index contributed by atoms with van der Waals surface area (Å²) in [5, 5.41) is 14.0. The van der Waals surface area contributed by atoms with E-state index in [1.165, 1.54) is 28.1 Å². The average molecular weight is 263 g/mol. The van der Waals surface area contributed by atoms with Crippen molar-refractivity contribution in [1.82, 2.24) is 9.97 Å². The van der Waals surface area contributed by atoms with Crippen LogP contribution < -0.4 is 9.84 Å². The standard InChI is InChI=1S/C11H8N2O2S2/c1-15-6-2-3-7-8(4-6)17-11(12-7)10-13-9(14)5-16-10/h2-5,14H,1H3/p-1. The average Bonchev–Trinajstić information content (AvgIpc) is 2.93. The fourth-order valence-electron chi connectivity index (χ4n) is 1.48. The first-order chi connectivity index (χ1) is 8.26. The molecule has 17 heavy (non-hydrogen) atoms. The van der Waals surface area contributed by atoms with Crippen LogP contribution in [0.1, 0.15) is 0 Å². The fourth-order valence-corrected chi connectivity index (χ4v) is 3.18. The highest BCUT2D eigenvalue weighted by atomic mass is 32.1. The normalized spacial score (nSPS) is 10.9. The second-order valence-electron chi connectivity index (χ2n) is 3.34. The van der Waals surface area contributed by atoms with Gasteiger partial charge in [0, 0.05) is 5.38 Å². The Morgan fingerprint density at radius 2 is 2.12 bits per heavy atom. The number of nitrogens with zero attached hydrogens (tertiary/aromatic N) is 2. The number of rotatable bonds is 2. The van der Waals surface area contributed by atoms with Gasteiger partial charge in [-0.1, -0.05) is 0 Å². The highest BCUT2D eigenvalue weighted by Crippen LogP contribution is 2.34. The molecule has 0 saturated heterocycles. The quantitative estimate of drug-likeness (QED) is 0.712. The molecule has 0 aliphatic carbocycles. The van der Waals surface area contributed by atoms with Crippen LogP contribution in [-0.2, 0) is 0 Å². The van der Waals surface area contributed by atoms with Crippen LogP contribution in [0.15, 0.2) is 23.6 Å². The minimum absolute atomic E-state index is 0.207. The number of hydrogen-bond donors (Lipinski definition) is 0. The molecule has 0 amide bonds. The highest BCUT2D eigenvalue weighted by molar-refractivity contribution is 7.25. The van der Waals surface area contributed by atoms with Crippen LogP contribution in [0.2, 0.25) is 0 Å². The Kier molecular flexibility index (Phi) is 2.45. The number of benzene rings is 1. The van der Waals surface area contributed by atoms with E-state index in [0.717, 1.165) is 21.0 Å². The van der Waals surface area contributed by atoms with Crippen LogP contribution in [0.5, 0.6) is 11.6 Å². The minimum Gasteiger partial charge on any atom is -0.858 e. The summed E-state index contributed by atoms with van der Waals surface area (Å²) in [7, 11) is 1.63. The van der Waals surface area contributed by atoms with Crippen molar-refractivity contribution in [3.05, 3.63) is 23.6 Å². The van der Waals surface area contributed by atoms with Gasteiger partial charge in [-0.2, -0.15) is 0 Å². The van der Waals surface area contributed by atoms with E-state index in [1.807, 2.05) is 18.2 Å². The Bertz CT molecular complexity index is 675. The molecule has 2 heterocycles. The van der Waals surface area contributed by atoms with Crippen molar-refractivity contribution in [1.29, 1.82) is 0 Å². The predicted octanol–water partition coefficient (Wildman–Crippen LogP) is 2.50. The molecule has 6 heteroatoms. The van der Waals surface area contributed by atoms with Crippen molar-refractivity contribution < 1.29 is 9.84 Å². The van der Waals surface area contributed by atoms with Crippen LogP contribution in [0.3, 0.4) is 0 Å². The van der Waals surface area contributed by atoms with Crippen molar-refractivity contribution in [2.45, 2.75) is 0 Å². The molecule has 0 fully saturated rings. The van der Waals surface area contributed by atoms with E-state index < -0.39 is 0 Å². The zero-order valence-corrected chi connectivity index (χ0v) is 10.5. The number of hydrogen-bond acceptors (Lipinski definition) is 6. The molecule has 0 aliphatic rings. The van der Waals surface area contributed by atoms with Gasteiger partial charge < -0.3 is 9.84 Å². The van der Waals surface area contributed by atoms with Gasteiger partial charge in [-0.3, -0.25) is 0 Å². The second kappa shape index (κ2) is 3.97. The second-order valence-corrected chi connectivity index (χ2v) is 5.23. The minimum atomic E-state index is -0.207. The first kappa shape index (κ1) is 10.5. The van der Waals surface area contributed by atoms with E-state index >= 15 is 0 Å². The zero-order valence-electron chi connectivity index (χ0n) is 8.84. The monoisotopic (exact) mass is 263 g/mol. The Balaban J connectivity index is 2.13. The van der Waals surface area contributed by atoms with E-state index in [0.29, 0.717) is 5.01 Å². The molecular formula is C11H7N2O2S2-. The lowest BCUT2D eigenvalue weighted by Gasteiger charge is -1.96. The Morgan fingerprint density at radius 1 is 1.24 bits per heavy atom. The van der Waals surface area contributed by atoms with Crippen molar-refractivity contribution in [3.8, 4) is 21.6 Å². The predicted molar refractivity (Wildman–Crippen MR) is 66.7 cm³/mol. The first-order valence-electron chi connectivity index (χ1n) is 4.84. The molecule has 0 aliphatic heterocycles. The molecule has 0 unspecified atom stereocenters. The lowest BCUT2D eigenvalue weighted by Crippen LogP contribution is -1.87. The van der Waals surface area contributed by atoms with Gasteiger partial charge in [0.1, 0.15) is 5.75 Å². The van der Waals surface area contributed by atoms with E-state index in [9.17, 15) is 5.11 Å². The third-order valence-electron chi connectivity index (χ3n) is 2.26. The zero-order chi connectivity index (χ0) is 11.8. The highest BCUT2D eigenvalue weighted by Gasteiger charge is 2.09.